The number of rotatable bonds is 34. The van der Waals surface area contributed by atoms with Gasteiger partial charge in [-0.05, 0) is 95.1 Å². The van der Waals surface area contributed by atoms with E-state index in [-0.39, 0.29) is 85.1 Å². The molecular formula is C66H80N6NaO20S2+. The first-order valence-corrected chi connectivity index (χ1v) is 32.7. The van der Waals surface area contributed by atoms with Gasteiger partial charge in [0.1, 0.15) is 24.4 Å². The molecule has 2 aliphatic heterocycles. The van der Waals surface area contributed by atoms with Crippen LogP contribution in [0.5, 0.6) is 0 Å². The Hall–Kier alpha value is -6.84. The van der Waals surface area contributed by atoms with Crippen LogP contribution < -0.4 is 61.5 Å². The molecule has 29 heteroatoms. The van der Waals surface area contributed by atoms with Crippen LogP contribution in [0.15, 0.2) is 133 Å². The van der Waals surface area contributed by atoms with Gasteiger partial charge in [0, 0.05) is 86.6 Å². The summed E-state index contributed by atoms with van der Waals surface area (Å²) >= 11 is 2.80. The average molecular weight is 1360 g/mol. The number of nitrogens with one attached hydrogen (secondary N) is 6. The van der Waals surface area contributed by atoms with Gasteiger partial charge in [-0.3, -0.25) is 28.8 Å². The number of carboxylic acids is 2. The average Bonchev–Trinajstić information content (AvgIpc) is 0.780. The standard InChI is InChI=1S/C66H80N6O20S2.Na/c1-39(73)70-54-49(75)35-65(63(85)86,91-58(54)56(80)51(77)37-68-61(83)45-19-15-43(16-20-45)41-11-5-3-6-12-41)89-29-9-31-93-33-27-53(79)72-48-25-23-47(24-26-48)60(82)67-28-34-94-32-10-30-90-66(64(87)88)36-50(76)55(71-40(2)74)59(92-66)57(81)52(78)38-69-62(84)46-21-17-44(18-22-46)42-13-7-4-8-14-42;/h3-8,11-26,49-52,54-59,75-78,80-81H,9-10,27-38H2,1-2H3,(H,67,82)(H,68,83)(H,69,84)(H,70,73)(H,71,74)(H,72,79)(H,85,86)(H,87,88);/q;+1/t49-,50-,51+,52+,54+,55+,56?,57?,58+,59+,65+,66+;/m0./s1. The zero-order chi connectivity index (χ0) is 68.0. The van der Waals surface area contributed by atoms with Gasteiger partial charge in [0.2, 0.25) is 17.7 Å². The molecule has 0 bridgehead atoms. The Kier molecular flexibility index (Phi) is 30.6. The van der Waals surface area contributed by atoms with E-state index in [1.807, 2.05) is 60.7 Å². The van der Waals surface area contributed by atoms with Crippen LogP contribution in [-0.4, -0.2) is 217 Å². The number of aliphatic carboxylic acids is 2. The van der Waals surface area contributed by atoms with Crippen LogP contribution in [0.2, 0.25) is 0 Å². The third-order valence-electron chi connectivity index (χ3n) is 15.4. The van der Waals surface area contributed by atoms with Crippen LogP contribution in [0.1, 0.15) is 77.0 Å². The second-order valence-corrected chi connectivity index (χ2v) is 24.9. The number of aliphatic hydroxyl groups is 6. The molecule has 0 spiro atoms. The predicted octanol–water partition coefficient (Wildman–Crippen LogP) is -0.463. The first-order chi connectivity index (χ1) is 45.0. The molecule has 5 aromatic carbocycles. The molecule has 2 heterocycles. The Morgan fingerprint density at radius 3 is 1.27 bits per heavy atom. The smallest absolute Gasteiger partial charge is 0.477 e. The van der Waals surface area contributed by atoms with E-state index < -0.39 is 134 Å². The summed E-state index contributed by atoms with van der Waals surface area (Å²) < 4.78 is 23.2. The molecule has 2 saturated heterocycles. The summed E-state index contributed by atoms with van der Waals surface area (Å²) in [6.07, 6.45) is -14.6. The fourth-order valence-corrected chi connectivity index (χ4v) is 12.1. The molecule has 14 N–H and O–H groups in total. The number of aliphatic hydroxyl groups excluding tert-OH is 6. The summed E-state index contributed by atoms with van der Waals surface area (Å²) in [5, 5.41) is 103. The number of carboxylic acid groups (broad SMARTS) is 2. The molecular weight excluding hydrogens is 1280 g/mol. The van der Waals surface area contributed by atoms with E-state index >= 15 is 0 Å². The van der Waals surface area contributed by atoms with Crippen LogP contribution in [-0.2, 0) is 42.9 Å². The van der Waals surface area contributed by atoms with E-state index in [4.69, 9.17) is 18.9 Å². The SMILES string of the molecule is CC(=O)N[C@@H]1[C@@H](O)C[C@](OCCCSCCNC(=O)c2ccc(NC(=O)CCSCCCO[C@]3(C(=O)O)C[C@H](O)[C@@H](NC(C)=O)[C@H](C(O)[C@H](O)CNC(=O)c4ccc(-c5ccccc5)cc4)O3)cc2)(C(=O)O)O[C@H]1C(O)[C@H](O)CNC(=O)c1ccc(-c2ccccc2)cc1.[Na+]. The number of hydrogen-bond acceptors (Lipinski definition) is 20. The molecule has 5 aromatic rings. The molecule has 0 saturated carbocycles. The summed E-state index contributed by atoms with van der Waals surface area (Å²) in [5.41, 5.74) is 4.93. The van der Waals surface area contributed by atoms with E-state index in [0.29, 0.717) is 40.7 Å². The van der Waals surface area contributed by atoms with Gasteiger partial charge in [0.15, 0.2) is 0 Å². The first kappa shape index (κ1) is 77.2. The fraction of sp³-hybridized carbons (Fsp3) is 0.424. The van der Waals surface area contributed by atoms with Crippen LogP contribution in [0.25, 0.3) is 22.3 Å². The quantitative estimate of drug-likeness (QED) is 0.0183. The second-order valence-electron chi connectivity index (χ2n) is 22.5. The number of anilines is 1. The third kappa shape index (κ3) is 22.4. The molecule has 2 aliphatic rings. The Bertz CT molecular complexity index is 3330. The minimum atomic E-state index is -2.50. The van der Waals surface area contributed by atoms with Gasteiger partial charge in [0.25, 0.3) is 29.3 Å². The van der Waals surface area contributed by atoms with Crippen molar-refractivity contribution in [2.24, 2.45) is 0 Å². The van der Waals surface area contributed by atoms with E-state index in [2.05, 4.69) is 31.9 Å². The van der Waals surface area contributed by atoms with Crippen molar-refractivity contribution in [1.82, 2.24) is 26.6 Å². The normalized spacial score (nSPS) is 22.0. The van der Waals surface area contributed by atoms with Crippen molar-refractivity contribution in [2.45, 2.75) is 118 Å². The second kappa shape index (κ2) is 37.6. The minimum absolute atomic E-state index is 0. The summed E-state index contributed by atoms with van der Waals surface area (Å²) in [4.78, 5) is 101. The zero-order valence-corrected chi connectivity index (χ0v) is 56.3. The van der Waals surface area contributed by atoms with E-state index in [1.54, 1.807) is 60.7 Å². The number of carbonyl (C=O) groups excluding carboxylic acids is 6. The van der Waals surface area contributed by atoms with Crippen molar-refractivity contribution in [2.75, 3.05) is 61.2 Å². The Morgan fingerprint density at radius 2 is 0.884 bits per heavy atom. The van der Waals surface area contributed by atoms with Gasteiger partial charge in [0.05, 0.1) is 49.7 Å². The molecule has 26 nitrogen and oxygen atoms in total. The van der Waals surface area contributed by atoms with Gasteiger partial charge in [-0.25, -0.2) is 9.59 Å². The molecule has 6 amide bonds. The molecule has 0 aliphatic carbocycles. The number of thioether (sulfide) groups is 2. The van der Waals surface area contributed by atoms with Gasteiger partial charge in [-0.2, -0.15) is 23.5 Å². The van der Waals surface area contributed by atoms with Crippen LogP contribution in [0.3, 0.4) is 0 Å². The number of hydrogen-bond donors (Lipinski definition) is 14. The molecule has 0 radical (unpaired) electrons. The van der Waals surface area contributed by atoms with Crippen LogP contribution in [0, 0.1) is 0 Å². The maximum atomic E-state index is 13.0. The van der Waals surface area contributed by atoms with Crippen LogP contribution in [0.4, 0.5) is 5.69 Å². The van der Waals surface area contributed by atoms with Crippen molar-refractivity contribution in [3.05, 3.63) is 150 Å². The van der Waals surface area contributed by atoms with Crippen molar-refractivity contribution >= 4 is 76.6 Å². The topological polar surface area (TPSA) is 408 Å². The molecule has 0 aromatic heterocycles. The third-order valence-corrected chi connectivity index (χ3v) is 17.6. The minimum Gasteiger partial charge on any atom is -0.477 e. The van der Waals surface area contributed by atoms with Crippen molar-refractivity contribution in [1.29, 1.82) is 0 Å². The van der Waals surface area contributed by atoms with Gasteiger partial charge >= 0.3 is 41.5 Å². The number of amides is 6. The maximum absolute atomic E-state index is 13.0. The summed E-state index contributed by atoms with van der Waals surface area (Å²) in [6, 6.07) is 35.9. The molecule has 2 unspecified atom stereocenters. The van der Waals surface area contributed by atoms with E-state index in [1.165, 1.54) is 35.7 Å². The summed E-state index contributed by atoms with van der Waals surface area (Å²) in [7, 11) is 0. The number of carbonyl (C=O) groups is 8. The summed E-state index contributed by atoms with van der Waals surface area (Å²) in [5.74, 6) is -9.65. The van der Waals surface area contributed by atoms with Gasteiger partial charge in [-0.15, -0.1) is 0 Å². The first-order valence-electron chi connectivity index (χ1n) is 30.4. The largest absolute Gasteiger partial charge is 1.00 e. The van der Waals surface area contributed by atoms with E-state index in [0.717, 1.165) is 36.1 Å². The van der Waals surface area contributed by atoms with Gasteiger partial charge < -0.3 is 91.7 Å². The Morgan fingerprint density at radius 1 is 0.516 bits per heavy atom. The molecule has 506 valence electrons. The molecule has 7 rings (SSSR count). The van der Waals surface area contributed by atoms with Crippen molar-refractivity contribution in [3.63, 3.8) is 0 Å². The molecule has 95 heavy (non-hydrogen) atoms. The Balaban J connectivity index is 0.0000143. The fourth-order valence-electron chi connectivity index (χ4n) is 10.5. The van der Waals surface area contributed by atoms with Crippen molar-refractivity contribution in [3.8, 4) is 22.3 Å². The summed E-state index contributed by atoms with van der Waals surface area (Å²) in [6.45, 7) is 1.16. The molecule has 12 atom stereocenters. The zero-order valence-electron chi connectivity index (χ0n) is 52.7. The number of benzene rings is 5. The van der Waals surface area contributed by atoms with Gasteiger partial charge in [-0.1, -0.05) is 84.9 Å². The molecule has 2 fully saturated rings. The predicted molar refractivity (Wildman–Crippen MR) is 347 cm³/mol. The Labute approximate surface area is 579 Å². The maximum Gasteiger partial charge on any atom is 1.00 e. The monoisotopic (exact) mass is 1360 g/mol. The van der Waals surface area contributed by atoms with Crippen LogP contribution >= 0.6 is 23.5 Å². The number of ether oxygens (including phenoxy) is 4. The van der Waals surface area contributed by atoms with Crippen molar-refractivity contribution < 1.29 is 128 Å². The van der Waals surface area contributed by atoms with E-state index in [9.17, 15) is 79.2 Å².